The highest BCUT2D eigenvalue weighted by Gasteiger charge is 2.40. The molecule has 0 saturated carbocycles. The summed E-state index contributed by atoms with van der Waals surface area (Å²) in [7, 11) is 0. The van der Waals surface area contributed by atoms with E-state index in [4.69, 9.17) is 0 Å². The fourth-order valence-electron chi connectivity index (χ4n) is 15.6. The van der Waals surface area contributed by atoms with E-state index in [-0.39, 0.29) is 94.1 Å². The van der Waals surface area contributed by atoms with E-state index >= 15 is 28.8 Å². The van der Waals surface area contributed by atoms with Crippen LogP contribution in [0.1, 0.15) is 173 Å². The van der Waals surface area contributed by atoms with Crippen LogP contribution in [0.3, 0.4) is 0 Å². The maximum Gasteiger partial charge on any atom is 0.243 e. The van der Waals surface area contributed by atoms with Gasteiger partial charge in [0.05, 0.1) is 13.2 Å². The average Bonchev–Trinajstić information content (AvgIpc) is 1.71. The molecule has 0 unspecified atom stereocenters. The van der Waals surface area contributed by atoms with E-state index in [9.17, 15) is 53.1 Å². The van der Waals surface area contributed by atoms with Crippen molar-refractivity contribution in [3.8, 4) is 0 Å². The predicted molar refractivity (Wildman–Crippen MR) is 506 cm³/mol. The molecule has 0 aliphatic rings. The number of aliphatic hydroxyl groups is 1. The number of hydrogen-bond acceptors (Lipinski definition) is 17. The zero-order chi connectivity index (χ0) is 98.2. The first-order valence-corrected chi connectivity index (χ1v) is 46.0. The number of nitrogens with one attached hydrogen (secondary N) is 19. The topological polar surface area (TPSA) is 533 Å². The second kappa shape index (κ2) is 51.7. The number of hydrogen-bond donors (Lipinski definition) is 20. The normalized spacial score (nSPS) is 14.8. The molecule has 3 aromatic heterocycles. The zero-order valence-electron chi connectivity index (χ0n) is 79.6. The van der Waals surface area contributed by atoms with Gasteiger partial charge in [-0.3, -0.25) is 76.7 Å². The summed E-state index contributed by atoms with van der Waals surface area (Å²) in [6.07, 6.45) is 5.40. The van der Waals surface area contributed by atoms with Crippen LogP contribution >= 0.6 is 0 Å². The number of rotatable bonds is 53. The van der Waals surface area contributed by atoms with Crippen LogP contribution < -0.4 is 85.1 Å². The molecular formula is C97H139N19O17. The number of para-hydroxylation sites is 3. The van der Waals surface area contributed by atoms with Crippen LogP contribution in [0.2, 0.25) is 0 Å². The highest BCUT2D eigenvalue weighted by Crippen LogP contribution is 2.25. The Morgan fingerprint density at radius 1 is 0.293 bits per heavy atom. The van der Waals surface area contributed by atoms with Crippen molar-refractivity contribution in [1.29, 1.82) is 0 Å². The van der Waals surface area contributed by atoms with Crippen LogP contribution in [0.25, 0.3) is 32.7 Å². The van der Waals surface area contributed by atoms with Gasteiger partial charge in [0, 0.05) is 83.5 Å². The second-order valence-corrected chi connectivity index (χ2v) is 37.3. The summed E-state index contributed by atoms with van der Waals surface area (Å²) in [5, 5.41) is 55.6. The van der Waals surface area contributed by atoms with E-state index in [1.165, 1.54) is 13.8 Å². The van der Waals surface area contributed by atoms with Crippen LogP contribution in [0.5, 0.6) is 0 Å². The Labute approximate surface area is 777 Å². The number of amides is 16. The number of fused-ring (bicyclic) bond motifs is 3. The lowest BCUT2D eigenvalue weighted by atomic mass is 9.97. The van der Waals surface area contributed by atoms with Crippen molar-refractivity contribution in [2.75, 3.05) is 19.7 Å². The molecule has 0 saturated heterocycles. The molecule has 36 heteroatoms. The molecule has 0 aliphatic heterocycles. The number of aliphatic hydroxyl groups excluding tert-OH is 1. The zero-order valence-corrected chi connectivity index (χ0v) is 79.6. The fraction of sp³-hybridized carbons (Fsp3) is 0.526. The summed E-state index contributed by atoms with van der Waals surface area (Å²) < 4.78 is 0. The molecule has 4 aromatic carbocycles. The first-order valence-electron chi connectivity index (χ1n) is 46.0. The number of H-pyrrole nitrogens is 3. The quantitative estimate of drug-likeness (QED) is 0.0240. The largest absolute Gasteiger partial charge is 0.395 e. The molecule has 0 aliphatic carbocycles. The SMILES string of the molecule is CC(C)C[C@@H](NC(=O)[C@H](C)NC(=O)CNC(=O)[C@@H](NC=O)C(C)C)C(=O)N[C@@H](C)C(=O)N[C@@H](C(=O)N[C@H](CC(C)C)C(=O)N[C@@H](Cc1ccccc1)C(=O)N[C@H](CC(C)C)C(=O)N[C@@H](Cc1c[nH]c2ccccc12)C(=O)N[C@@H](C(=O)N[C@H](C(=O)N[C@@H](Cc1c[nH]c2ccccc12)C(=O)N[C@H](CC(C)C)C(=O)N[C@@H](Cc1c[nH]c2ccccc12)C(=O)NCCO)C(C)C)C(C)C)C(C)C. The van der Waals surface area contributed by atoms with Gasteiger partial charge >= 0.3 is 0 Å². The highest BCUT2D eigenvalue weighted by molar-refractivity contribution is 6.02. The first-order chi connectivity index (χ1) is 63.0. The second-order valence-electron chi connectivity index (χ2n) is 37.3. The van der Waals surface area contributed by atoms with Gasteiger partial charge in [0.2, 0.25) is 95.0 Å². The minimum atomic E-state index is -1.47. The Balaban J connectivity index is 1.08. The van der Waals surface area contributed by atoms with Crippen LogP contribution in [0.4, 0.5) is 0 Å². The molecule has 7 aromatic rings. The van der Waals surface area contributed by atoms with Gasteiger partial charge in [-0.05, 0) is 127 Å². The number of aromatic amines is 3. The minimum absolute atomic E-state index is 0.000556. The van der Waals surface area contributed by atoms with Crippen molar-refractivity contribution >= 4 is 128 Å². The molecule has 0 radical (unpaired) electrons. The van der Waals surface area contributed by atoms with Gasteiger partial charge in [-0.1, -0.05) is 196 Å². The van der Waals surface area contributed by atoms with Gasteiger partial charge in [0.15, 0.2) is 0 Å². The molecule has 7 rings (SSSR count). The van der Waals surface area contributed by atoms with Gasteiger partial charge in [0.1, 0.15) is 84.6 Å². The molecule has 133 heavy (non-hydrogen) atoms. The van der Waals surface area contributed by atoms with E-state index in [0.29, 0.717) is 34.0 Å². The summed E-state index contributed by atoms with van der Waals surface area (Å²) >= 11 is 0. The van der Waals surface area contributed by atoms with Crippen molar-refractivity contribution in [1.82, 2.24) is 100 Å². The summed E-state index contributed by atoms with van der Waals surface area (Å²) in [4.78, 5) is 237. The van der Waals surface area contributed by atoms with Crippen molar-refractivity contribution in [3.63, 3.8) is 0 Å². The smallest absolute Gasteiger partial charge is 0.243 e. The van der Waals surface area contributed by atoms with E-state index in [0.717, 1.165) is 27.4 Å². The lowest BCUT2D eigenvalue weighted by Crippen LogP contribution is -2.62. The highest BCUT2D eigenvalue weighted by atomic mass is 16.3. The summed E-state index contributed by atoms with van der Waals surface area (Å²) in [5.74, 6) is -14.5. The monoisotopic (exact) mass is 1840 g/mol. The van der Waals surface area contributed by atoms with Gasteiger partial charge in [-0.2, -0.15) is 0 Å². The Hall–Kier alpha value is -13.0. The molecule has 16 amide bonds. The van der Waals surface area contributed by atoms with E-state index in [1.54, 1.807) is 124 Å². The number of carbonyl (C=O) groups is 16. The average molecular weight is 1840 g/mol. The molecule has 0 bridgehead atoms. The Kier molecular flexibility index (Phi) is 41.6. The summed E-state index contributed by atoms with van der Waals surface area (Å²) in [5.41, 5.74) is 4.81. The maximum atomic E-state index is 15.4. The molecule has 0 fully saturated rings. The fourth-order valence-corrected chi connectivity index (χ4v) is 15.6. The molecule has 3 heterocycles. The van der Waals surface area contributed by atoms with Gasteiger partial charge in [-0.25, -0.2) is 0 Å². The lowest BCUT2D eigenvalue weighted by molar-refractivity contribution is -0.137. The molecule has 36 nitrogen and oxygen atoms in total. The third-order valence-electron chi connectivity index (χ3n) is 22.8. The molecular weight excluding hydrogens is 1700 g/mol. The molecule has 14 atom stereocenters. The van der Waals surface area contributed by atoms with Crippen molar-refractivity contribution in [3.05, 3.63) is 144 Å². The van der Waals surface area contributed by atoms with E-state index < -0.39 is 197 Å². The van der Waals surface area contributed by atoms with Gasteiger partial charge in [-0.15, -0.1) is 0 Å². The minimum Gasteiger partial charge on any atom is -0.395 e. The van der Waals surface area contributed by atoms with Crippen LogP contribution in [-0.2, 0) is 102 Å². The predicted octanol–water partition coefficient (Wildman–Crippen LogP) is 3.89. The number of aromatic nitrogens is 3. The molecule has 0 spiro atoms. The van der Waals surface area contributed by atoms with Gasteiger partial charge < -0.3 is 105 Å². The van der Waals surface area contributed by atoms with Crippen molar-refractivity contribution in [2.45, 2.75) is 261 Å². The van der Waals surface area contributed by atoms with Gasteiger partial charge in [0.25, 0.3) is 0 Å². The van der Waals surface area contributed by atoms with Crippen LogP contribution in [-0.4, -0.2) is 219 Å². The molecule has 20 N–H and O–H groups in total. The summed E-state index contributed by atoms with van der Waals surface area (Å²) in [6.45, 7) is 29.8. The van der Waals surface area contributed by atoms with Crippen molar-refractivity contribution in [2.24, 2.45) is 47.3 Å². The third kappa shape index (κ3) is 32.7. The van der Waals surface area contributed by atoms with Crippen molar-refractivity contribution < 1.29 is 81.8 Å². The molecule has 724 valence electrons. The number of carbonyl (C=O) groups excluding carboxylic acids is 16. The lowest BCUT2D eigenvalue weighted by Gasteiger charge is -2.30. The third-order valence-corrected chi connectivity index (χ3v) is 22.8. The van der Waals surface area contributed by atoms with Crippen LogP contribution in [0.15, 0.2) is 122 Å². The Morgan fingerprint density at radius 3 is 0.955 bits per heavy atom. The summed E-state index contributed by atoms with van der Waals surface area (Å²) in [6, 6.07) is 12.7. The Bertz CT molecular complexity index is 5130. The van der Waals surface area contributed by atoms with E-state index in [1.807, 2.05) is 108 Å². The van der Waals surface area contributed by atoms with E-state index in [2.05, 4.69) is 100 Å². The first kappa shape index (κ1) is 107. The Morgan fingerprint density at radius 2 is 0.579 bits per heavy atom. The standard InChI is InChI=1S/C97H139N19O17/c1-51(2)38-71(106-84(120)59(17)104-79(119)49-102-94(130)80(55(9)10)103-50-118)87(123)105-60(18)85(121)114-81(56(11)12)95(131)112-74(41-54(7)8)90(126)109-75(42-61-28-20-19-21-29-61)91(127)107-73(40-53(5)6)89(125)111-78(45-64-48-101-70-35-27-24-32-67(64)70)93(129)115-83(58(15)16)97(133)116-82(57(13)14)96(132)113-77(44-63-47-100-69-34-26-23-31-66(63)69)92(128)108-72(39-52(3)4)88(124)110-76(86(122)98-36-37-117)43-62-46-99-68-33-25-22-30-65(62)68/h19-35,46-48,50-60,71-78,80-83,99-101,117H,36-45,49H2,1-18H3,(H,98,122)(H,102,130)(H,103,118)(H,104,119)(H,105,123)(H,106,120)(H,107,127)(H,108,128)(H,109,126)(H,110,124)(H,111,125)(H,112,131)(H,113,132)(H,114,121)(H,115,129)(H,116,133)/t59-,60-,71+,72+,73+,74+,75-,76-,77-,78-,80-,81+,82-,83+/m0/s1. The van der Waals surface area contributed by atoms with Crippen LogP contribution in [0, 0.1) is 47.3 Å². The maximum absolute atomic E-state index is 15.4. The number of benzene rings is 4.